The first-order valence-electron chi connectivity index (χ1n) is 10.9. The van der Waals surface area contributed by atoms with Gasteiger partial charge in [0.1, 0.15) is 6.61 Å². The molecule has 2 aromatic carbocycles. The van der Waals surface area contributed by atoms with Crippen molar-refractivity contribution in [3.8, 4) is 0 Å². The second kappa shape index (κ2) is 9.58. The zero-order valence-corrected chi connectivity index (χ0v) is 19.3. The first-order valence-corrected chi connectivity index (χ1v) is 11.7. The minimum atomic E-state index is -4.53. The van der Waals surface area contributed by atoms with E-state index in [9.17, 15) is 22.8 Å². The molecule has 1 aliphatic rings. The molecule has 0 unspecified atom stereocenters. The second-order valence-electron chi connectivity index (χ2n) is 8.26. The van der Waals surface area contributed by atoms with Crippen molar-refractivity contribution >= 4 is 34.0 Å². The Kier molecular flexibility index (Phi) is 6.74. The van der Waals surface area contributed by atoms with Crippen LogP contribution in [-0.4, -0.2) is 16.9 Å². The monoisotopic (exact) mass is 488 g/mol. The molecule has 0 N–H and O–H groups in total. The molecule has 3 aromatic rings. The van der Waals surface area contributed by atoms with E-state index in [1.807, 2.05) is 30.3 Å². The highest BCUT2D eigenvalue weighted by molar-refractivity contribution is 7.14. The highest BCUT2D eigenvalue weighted by atomic mass is 32.1. The van der Waals surface area contributed by atoms with Crippen molar-refractivity contribution in [2.24, 2.45) is 0 Å². The van der Waals surface area contributed by atoms with Crippen LogP contribution in [0.3, 0.4) is 0 Å². The number of carbonyl (C=O) groups excluding carboxylic acids is 2. The minimum Gasteiger partial charge on any atom is -0.458 e. The van der Waals surface area contributed by atoms with Crippen molar-refractivity contribution in [1.82, 2.24) is 4.98 Å². The van der Waals surface area contributed by atoms with Crippen LogP contribution in [0.4, 0.5) is 24.0 Å². The summed E-state index contributed by atoms with van der Waals surface area (Å²) >= 11 is 1.09. The lowest BCUT2D eigenvalue weighted by molar-refractivity contribution is -0.152. The molecule has 4 rings (SSSR count). The van der Waals surface area contributed by atoms with Gasteiger partial charge in [0, 0.05) is 12.3 Å². The van der Waals surface area contributed by atoms with Gasteiger partial charge in [-0.05, 0) is 36.6 Å². The molecule has 0 saturated heterocycles. The molecule has 1 saturated carbocycles. The van der Waals surface area contributed by atoms with Gasteiger partial charge in [0.05, 0.1) is 22.4 Å². The standard InChI is InChI=1S/C25H23F3N2O3S/c1-17(31)30(21-11-7-10-19(14-21)25(26,27)28)23-29-20(16-34-23)15-33-22(32)24(12-5-6-13-24)18-8-3-2-4-9-18/h2-4,7-11,14,16H,5-6,12-13,15H2,1H3. The fourth-order valence-corrected chi connectivity index (χ4v) is 5.21. The molecular weight excluding hydrogens is 465 g/mol. The summed E-state index contributed by atoms with van der Waals surface area (Å²) < 4.78 is 45.0. The van der Waals surface area contributed by atoms with Gasteiger partial charge in [0.15, 0.2) is 5.13 Å². The van der Waals surface area contributed by atoms with E-state index in [2.05, 4.69) is 4.98 Å². The van der Waals surface area contributed by atoms with Crippen molar-refractivity contribution in [1.29, 1.82) is 0 Å². The normalized spacial score (nSPS) is 15.2. The quantitative estimate of drug-likeness (QED) is 0.377. The van der Waals surface area contributed by atoms with Crippen molar-refractivity contribution in [3.63, 3.8) is 0 Å². The van der Waals surface area contributed by atoms with Crippen LogP contribution in [-0.2, 0) is 32.5 Å². The molecule has 178 valence electrons. The third-order valence-electron chi connectivity index (χ3n) is 6.00. The molecule has 1 aromatic heterocycles. The SMILES string of the molecule is CC(=O)N(c1cccc(C(F)(F)F)c1)c1nc(COC(=O)C2(c3ccccc3)CCCC2)cs1. The van der Waals surface area contributed by atoms with Crippen molar-refractivity contribution in [3.05, 3.63) is 76.8 Å². The average molecular weight is 489 g/mol. The lowest BCUT2D eigenvalue weighted by Crippen LogP contribution is -2.34. The first-order chi connectivity index (χ1) is 16.2. The number of carbonyl (C=O) groups is 2. The smallest absolute Gasteiger partial charge is 0.416 e. The number of amides is 1. The fraction of sp³-hybridized carbons (Fsp3) is 0.320. The highest BCUT2D eigenvalue weighted by Gasteiger charge is 2.44. The Labute approximate surface area is 199 Å². The topological polar surface area (TPSA) is 59.5 Å². The molecule has 0 spiro atoms. The van der Waals surface area contributed by atoms with E-state index < -0.39 is 23.1 Å². The summed E-state index contributed by atoms with van der Waals surface area (Å²) in [7, 11) is 0. The Hall–Kier alpha value is -3.20. The van der Waals surface area contributed by atoms with Gasteiger partial charge in [-0.25, -0.2) is 4.98 Å². The number of anilines is 2. The van der Waals surface area contributed by atoms with E-state index in [0.29, 0.717) is 18.5 Å². The van der Waals surface area contributed by atoms with E-state index in [1.165, 1.54) is 19.1 Å². The molecule has 1 heterocycles. The van der Waals surface area contributed by atoms with E-state index in [-0.39, 0.29) is 23.4 Å². The number of rotatable bonds is 6. The summed E-state index contributed by atoms with van der Waals surface area (Å²) in [4.78, 5) is 30.9. The van der Waals surface area contributed by atoms with Gasteiger partial charge in [0.2, 0.25) is 5.91 Å². The van der Waals surface area contributed by atoms with Gasteiger partial charge >= 0.3 is 12.1 Å². The predicted molar refractivity (Wildman–Crippen MR) is 123 cm³/mol. The molecule has 1 fully saturated rings. The first kappa shape index (κ1) is 23.9. The van der Waals surface area contributed by atoms with Gasteiger partial charge in [-0.2, -0.15) is 13.2 Å². The average Bonchev–Trinajstić information content (AvgIpc) is 3.49. The molecule has 0 aliphatic heterocycles. The maximum absolute atomic E-state index is 13.1. The number of aromatic nitrogens is 1. The highest BCUT2D eigenvalue weighted by Crippen LogP contribution is 2.42. The number of esters is 1. The van der Waals surface area contributed by atoms with Gasteiger partial charge in [-0.15, -0.1) is 11.3 Å². The zero-order valence-electron chi connectivity index (χ0n) is 18.5. The van der Waals surface area contributed by atoms with E-state index >= 15 is 0 Å². The number of thiazole rings is 1. The molecule has 5 nitrogen and oxygen atoms in total. The number of alkyl halides is 3. The molecule has 9 heteroatoms. The van der Waals surface area contributed by atoms with Crippen LogP contribution >= 0.6 is 11.3 Å². The Morgan fingerprint density at radius 3 is 2.44 bits per heavy atom. The van der Waals surface area contributed by atoms with Gasteiger partial charge in [-0.3, -0.25) is 14.5 Å². The van der Waals surface area contributed by atoms with E-state index in [0.717, 1.165) is 46.8 Å². The van der Waals surface area contributed by atoms with Gasteiger partial charge in [-0.1, -0.05) is 49.2 Å². The Morgan fingerprint density at radius 1 is 1.09 bits per heavy atom. The third kappa shape index (κ3) is 4.84. The number of hydrogen-bond donors (Lipinski definition) is 0. The minimum absolute atomic E-state index is 0.0641. The van der Waals surface area contributed by atoms with Crippen LogP contribution in [0.1, 0.15) is 49.4 Å². The summed E-state index contributed by atoms with van der Waals surface area (Å²) in [6.45, 7) is 1.17. The summed E-state index contributed by atoms with van der Waals surface area (Å²) in [6, 6.07) is 14.1. The van der Waals surface area contributed by atoms with E-state index in [1.54, 1.807) is 5.38 Å². The number of benzene rings is 2. The number of ether oxygens (including phenoxy) is 1. The molecule has 1 amide bonds. The zero-order chi connectivity index (χ0) is 24.3. The van der Waals surface area contributed by atoms with Crippen molar-refractivity contribution in [2.45, 2.75) is 50.8 Å². The Bertz CT molecular complexity index is 1170. The van der Waals surface area contributed by atoms with Gasteiger partial charge in [0.25, 0.3) is 0 Å². The van der Waals surface area contributed by atoms with Crippen molar-refractivity contribution < 1.29 is 27.5 Å². The number of halogens is 3. The van der Waals surface area contributed by atoms with Crippen molar-refractivity contribution in [2.75, 3.05) is 4.90 Å². The number of nitrogens with zero attached hydrogens (tertiary/aromatic N) is 2. The number of hydrogen-bond acceptors (Lipinski definition) is 5. The summed E-state index contributed by atoms with van der Waals surface area (Å²) in [5.41, 5.74) is -0.112. The summed E-state index contributed by atoms with van der Waals surface area (Å²) in [5, 5.41) is 1.84. The van der Waals surface area contributed by atoms with Gasteiger partial charge < -0.3 is 4.74 Å². The molecular formula is C25H23F3N2O3S. The molecule has 0 bridgehead atoms. The maximum atomic E-state index is 13.1. The Morgan fingerprint density at radius 2 is 1.79 bits per heavy atom. The third-order valence-corrected chi connectivity index (χ3v) is 6.88. The van der Waals surface area contributed by atoms with E-state index in [4.69, 9.17) is 4.74 Å². The lowest BCUT2D eigenvalue weighted by atomic mass is 9.79. The summed E-state index contributed by atoms with van der Waals surface area (Å²) in [5.74, 6) is -0.793. The Balaban J connectivity index is 1.51. The maximum Gasteiger partial charge on any atom is 0.416 e. The second-order valence-corrected chi connectivity index (χ2v) is 9.09. The van der Waals surface area contributed by atoms with Crippen LogP contribution in [0, 0.1) is 0 Å². The summed E-state index contributed by atoms with van der Waals surface area (Å²) in [6.07, 6.45) is -1.22. The largest absolute Gasteiger partial charge is 0.458 e. The molecule has 0 atom stereocenters. The van der Waals surface area contributed by atoms with Crippen LogP contribution in [0.15, 0.2) is 60.0 Å². The lowest BCUT2D eigenvalue weighted by Gasteiger charge is -2.27. The predicted octanol–water partition coefficient (Wildman–Crippen LogP) is 6.40. The van der Waals surface area contributed by atoms with Crippen LogP contribution in [0.2, 0.25) is 0 Å². The molecule has 0 radical (unpaired) electrons. The van der Waals surface area contributed by atoms with Crippen LogP contribution < -0.4 is 4.90 Å². The van der Waals surface area contributed by atoms with Crippen LogP contribution in [0.25, 0.3) is 0 Å². The molecule has 1 aliphatic carbocycles. The van der Waals surface area contributed by atoms with Crippen LogP contribution in [0.5, 0.6) is 0 Å². The fourth-order valence-electron chi connectivity index (χ4n) is 4.34. The molecule has 34 heavy (non-hydrogen) atoms.